The maximum atomic E-state index is 12.2. The number of piperazine rings is 1. The lowest BCUT2D eigenvalue weighted by molar-refractivity contribution is -0.117. The molecule has 5 nitrogen and oxygen atoms in total. The summed E-state index contributed by atoms with van der Waals surface area (Å²) in [5.74, 6) is 0.0132. The molecular formula is C19H19BrN4O. The smallest absolute Gasteiger partial charge is 0.238 e. The number of benzene rings is 2. The Bertz CT molecular complexity index is 780. The summed E-state index contributed by atoms with van der Waals surface area (Å²) >= 11 is 3.55. The Labute approximate surface area is 156 Å². The molecule has 0 radical (unpaired) electrons. The second-order valence-corrected chi connectivity index (χ2v) is 6.81. The number of carbonyl (C=O) groups excluding carboxylic acids is 1. The molecule has 2 aromatic carbocycles. The minimum absolute atomic E-state index is 0.0132. The molecule has 1 heterocycles. The summed E-state index contributed by atoms with van der Waals surface area (Å²) in [6.07, 6.45) is 0. The first-order chi connectivity index (χ1) is 12.2. The zero-order valence-corrected chi connectivity index (χ0v) is 15.4. The number of rotatable bonds is 4. The van der Waals surface area contributed by atoms with E-state index in [1.165, 1.54) is 0 Å². The van der Waals surface area contributed by atoms with Crippen molar-refractivity contribution >= 4 is 33.2 Å². The first-order valence-electron chi connectivity index (χ1n) is 8.17. The van der Waals surface area contributed by atoms with Crippen LogP contribution in [0.25, 0.3) is 0 Å². The van der Waals surface area contributed by atoms with Crippen LogP contribution < -0.4 is 10.2 Å². The minimum atomic E-state index is 0.0132. The third-order valence-corrected chi connectivity index (χ3v) is 4.85. The van der Waals surface area contributed by atoms with Crippen LogP contribution in [0.1, 0.15) is 5.56 Å². The topological polar surface area (TPSA) is 59.4 Å². The lowest BCUT2D eigenvalue weighted by Crippen LogP contribution is -2.48. The number of nitrogens with one attached hydrogen (secondary N) is 1. The number of para-hydroxylation sites is 1. The fraction of sp³-hybridized carbons (Fsp3) is 0.263. The lowest BCUT2D eigenvalue weighted by atomic mass is 10.2. The van der Waals surface area contributed by atoms with E-state index < -0.39 is 0 Å². The van der Waals surface area contributed by atoms with Crippen LogP contribution in [-0.4, -0.2) is 43.5 Å². The summed E-state index contributed by atoms with van der Waals surface area (Å²) < 4.78 is 0.932. The minimum Gasteiger partial charge on any atom is -0.368 e. The molecule has 1 N–H and O–H groups in total. The normalized spacial score (nSPS) is 14.8. The van der Waals surface area contributed by atoms with Crippen molar-refractivity contribution < 1.29 is 4.79 Å². The van der Waals surface area contributed by atoms with Crippen LogP contribution in [0, 0.1) is 11.3 Å². The molecule has 1 fully saturated rings. The predicted molar refractivity (Wildman–Crippen MR) is 103 cm³/mol. The molecule has 0 bridgehead atoms. The maximum absolute atomic E-state index is 12.2. The monoisotopic (exact) mass is 398 g/mol. The van der Waals surface area contributed by atoms with Crippen LogP contribution in [-0.2, 0) is 4.79 Å². The number of hydrogen-bond acceptors (Lipinski definition) is 4. The highest BCUT2D eigenvalue weighted by Crippen LogP contribution is 2.28. The molecular weight excluding hydrogens is 380 g/mol. The number of amides is 1. The Morgan fingerprint density at radius 1 is 1.12 bits per heavy atom. The van der Waals surface area contributed by atoms with Crippen molar-refractivity contribution in [3.63, 3.8) is 0 Å². The molecule has 0 aromatic heterocycles. The Morgan fingerprint density at radius 3 is 2.48 bits per heavy atom. The van der Waals surface area contributed by atoms with Crippen LogP contribution in [0.3, 0.4) is 0 Å². The fourth-order valence-electron chi connectivity index (χ4n) is 2.90. The first-order valence-corrected chi connectivity index (χ1v) is 8.97. The predicted octanol–water partition coefficient (Wildman–Crippen LogP) is 3.08. The molecule has 6 heteroatoms. The van der Waals surface area contributed by atoms with E-state index >= 15 is 0 Å². The van der Waals surface area contributed by atoms with E-state index in [4.69, 9.17) is 5.26 Å². The number of anilines is 2. The zero-order chi connectivity index (χ0) is 17.6. The quantitative estimate of drug-likeness (QED) is 0.859. The Morgan fingerprint density at radius 2 is 1.84 bits per heavy atom. The summed E-state index contributed by atoms with van der Waals surface area (Å²) in [6, 6.07) is 17.3. The van der Waals surface area contributed by atoms with Gasteiger partial charge < -0.3 is 10.2 Å². The van der Waals surface area contributed by atoms with Gasteiger partial charge in [-0.3, -0.25) is 9.69 Å². The van der Waals surface area contributed by atoms with Gasteiger partial charge in [-0.05, 0) is 46.3 Å². The largest absolute Gasteiger partial charge is 0.368 e. The average molecular weight is 399 g/mol. The third kappa shape index (κ3) is 4.59. The number of hydrogen-bond donors (Lipinski definition) is 1. The van der Waals surface area contributed by atoms with Crippen LogP contribution in [0.5, 0.6) is 0 Å². The van der Waals surface area contributed by atoms with Crippen molar-refractivity contribution in [2.75, 3.05) is 42.9 Å². The molecule has 1 aliphatic heterocycles. The van der Waals surface area contributed by atoms with Crippen molar-refractivity contribution in [1.29, 1.82) is 5.26 Å². The van der Waals surface area contributed by atoms with E-state index in [1.807, 2.05) is 48.5 Å². The van der Waals surface area contributed by atoms with E-state index in [1.54, 1.807) is 0 Å². The molecule has 0 atom stereocenters. The van der Waals surface area contributed by atoms with Crippen LogP contribution in [0.4, 0.5) is 11.4 Å². The van der Waals surface area contributed by atoms with Crippen molar-refractivity contribution in [3.05, 3.63) is 58.6 Å². The van der Waals surface area contributed by atoms with E-state index in [0.717, 1.165) is 42.0 Å². The van der Waals surface area contributed by atoms with E-state index in [9.17, 15) is 4.79 Å². The molecule has 1 amide bonds. The van der Waals surface area contributed by atoms with Crippen LogP contribution in [0.15, 0.2) is 53.0 Å². The number of nitriles is 1. The second kappa shape index (κ2) is 8.15. The summed E-state index contributed by atoms with van der Waals surface area (Å²) in [5, 5.41) is 11.9. The van der Waals surface area contributed by atoms with Gasteiger partial charge in [-0.15, -0.1) is 0 Å². The van der Waals surface area contributed by atoms with Gasteiger partial charge in [-0.2, -0.15) is 5.26 Å². The summed E-state index contributed by atoms with van der Waals surface area (Å²) in [4.78, 5) is 16.6. The van der Waals surface area contributed by atoms with Gasteiger partial charge in [-0.1, -0.05) is 18.2 Å². The highest BCUT2D eigenvalue weighted by atomic mass is 79.9. The molecule has 0 unspecified atom stereocenters. The first kappa shape index (κ1) is 17.5. The molecule has 25 heavy (non-hydrogen) atoms. The molecule has 1 saturated heterocycles. The van der Waals surface area contributed by atoms with Crippen LogP contribution >= 0.6 is 15.9 Å². The summed E-state index contributed by atoms with van der Waals surface area (Å²) in [5.41, 5.74) is 2.56. The molecule has 0 aliphatic carbocycles. The Balaban J connectivity index is 1.52. The standard InChI is InChI=1S/C19H19BrN4O/c20-17-12-15(13-21)6-7-18(17)24-10-8-23(9-11-24)14-19(25)22-16-4-2-1-3-5-16/h1-7,12H,8-11,14H2,(H,22,25). The molecule has 0 saturated carbocycles. The van der Waals surface area contributed by atoms with Gasteiger partial charge >= 0.3 is 0 Å². The number of carbonyl (C=O) groups is 1. The van der Waals surface area contributed by atoms with E-state index in [-0.39, 0.29) is 5.91 Å². The Hall–Kier alpha value is -2.36. The maximum Gasteiger partial charge on any atom is 0.238 e. The highest BCUT2D eigenvalue weighted by Gasteiger charge is 2.20. The average Bonchev–Trinajstić information content (AvgIpc) is 2.63. The van der Waals surface area contributed by atoms with Crippen molar-refractivity contribution in [2.24, 2.45) is 0 Å². The number of nitrogens with zero attached hydrogens (tertiary/aromatic N) is 3. The summed E-state index contributed by atoms with van der Waals surface area (Å²) in [7, 11) is 0. The van der Waals surface area contributed by atoms with Gasteiger partial charge in [0.2, 0.25) is 5.91 Å². The van der Waals surface area contributed by atoms with E-state index in [2.05, 4.69) is 37.1 Å². The van der Waals surface area contributed by atoms with Gasteiger partial charge in [-0.25, -0.2) is 0 Å². The molecule has 3 rings (SSSR count). The van der Waals surface area contributed by atoms with Gasteiger partial charge in [0.15, 0.2) is 0 Å². The fourth-order valence-corrected chi connectivity index (χ4v) is 3.53. The van der Waals surface area contributed by atoms with Crippen LogP contribution in [0.2, 0.25) is 0 Å². The lowest BCUT2D eigenvalue weighted by Gasteiger charge is -2.36. The van der Waals surface area contributed by atoms with Gasteiger partial charge in [0, 0.05) is 36.3 Å². The zero-order valence-electron chi connectivity index (χ0n) is 13.8. The molecule has 0 spiro atoms. The van der Waals surface area contributed by atoms with E-state index in [0.29, 0.717) is 12.1 Å². The van der Waals surface area contributed by atoms with Crippen molar-refractivity contribution in [3.8, 4) is 6.07 Å². The van der Waals surface area contributed by atoms with Crippen molar-refractivity contribution in [2.45, 2.75) is 0 Å². The molecule has 128 valence electrons. The molecule has 2 aromatic rings. The van der Waals surface area contributed by atoms with Gasteiger partial charge in [0.1, 0.15) is 0 Å². The third-order valence-electron chi connectivity index (χ3n) is 4.21. The SMILES string of the molecule is N#Cc1ccc(N2CCN(CC(=O)Nc3ccccc3)CC2)c(Br)c1. The second-order valence-electron chi connectivity index (χ2n) is 5.96. The molecule has 1 aliphatic rings. The Kier molecular flexibility index (Phi) is 5.69. The number of halogens is 1. The van der Waals surface area contributed by atoms with Crippen molar-refractivity contribution in [1.82, 2.24) is 4.90 Å². The van der Waals surface area contributed by atoms with Gasteiger partial charge in [0.25, 0.3) is 0 Å². The summed E-state index contributed by atoms with van der Waals surface area (Å²) in [6.45, 7) is 3.76. The van der Waals surface area contributed by atoms with Gasteiger partial charge in [0.05, 0.1) is 23.9 Å². The highest BCUT2D eigenvalue weighted by molar-refractivity contribution is 9.10.